The molecule has 0 saturated carbocycles. The third kappa shape index (κ3) is 2.86. The maximum Gasteiger partial charge on any atom is 0.131 e. The van der Waals surface area contributed by atoms with Crippen molar-refractivity contribution in [3.05, 3.63) is 41.3 Å². The van der Waals surface area contributed by atoms with Gasteiger partial charge in [-0.05, 0) is 13.0 Å². The third-order valence-electron chi connectivity index (χ3n) is 1.76. The number of nitrogens with zero attached hydrogens (tertiary/aromatic N) is 1. The van der Waals surface area contributed by atoms with Gasteiger partial charge < -0.3 is 0 Å². The van der Waals surface area contributed by atoms with Crippen LogP contribution in [0.3, 0.4) is 0 Å². The van der Waals surface area contributed by atoms with Crippen molar-refractivity contribution in [2.75, 3.05) is 0 Å². The first kappa shape index (κ1) is 11.9. The van der Waals surface area contributed by atoms with E-state index in [0.717, 1.165) is 9.88 Å². The second kappa shape index (κ2) is 5.61. The second-order valence-electron chi connectivity index (χ2n) is 2.72. The number of benzene rings is 1. The third-order valence-corrected chi connectivity index (χ3v) is 2.71. The predicted octanol–water partition coefficient (Wildman–Crippen LogP) is 4.28. The molecule has 0 saturated heterocycles. The molecular formula is C12H14FNS. The normalized spacial score (nSPS) is 9.33. The summed E-state index contributed by atoms with van der Waals surface area (Å²) in [6, 6.07) is 6.74. The van der Waals surface area contributed by atoms with Crippen molar-refractivity contribution < 1.29 is 4.39 Å². The maximum absolute atomic E-state index is 13.3. The van der Waals surface area contributed by atoms with Crippen LogP contribution in [0.4, 0.5) is 4.39 Å². The van der Waals surface area contributed by atoms with Crippen LogP contribution in [0.1, 0.15) is 18.9 Å². The quantitative estimate of drug-likeness (QED) is 0.703. The molecular weight excluding hydrogens is 209 g/mol. The molecule has 1 heterocycles. The molecule has 0 aliphatic heterocycles. The van der Waals surface area contributed by atoms with E-state index in [4.69, 9.17) is 0 Å². The Bertz CT molecular complexity index is 423. The van der Waals surface area contributed by atoms with Crippen LogP contribution in [-0.4, -0.2) is 4.98 Å². The van der Waals surface area contributed by atoms with Crippen molar-refractivity contribution in [1.82, 2.24) is 4.98 Å². The molecule has 0 unspecified atom stereocenters. The lowest BCUT2D eigenvalue weighted by atomic mass is 10.2. The topological polar surface area (TPSA) is 12.9 Å². The van der Waals surface area contributed by atoms with Crippen LogP contribution in [0.25, 0.3) is 10.4 Å². The Hall–Kier alpha value is -1.22. The van der Waals surface area contributed by atoms with E-state index < -0.39 is 0 Å². The highest BCUT2D eigenvalue weighted by Crippen LogP contribution is 2.27. The van der Waals surface area contributed by atoms with Crippen molar-refractivity contribution in [2.24, 2.45) is 0 Å². The molecule has 0 aliphatic carbocycles. The standard InChI is InChI=1S/C10H8FNS.C2H6/c1-7-12-6-10(13-7)8-4-2-3-5-9(8)11;1-2/h2-6H,1H3;1-2H3. The van der Waals surface area contributed by atoms with Crippen LogP contribution in [0.15, 0.2) is 30.5 Å². The highest BCUT2D eigenvalue weighted by molar-refractivity contribution is 7.15. The van der Waals surface area contributed by atoms with Crippen molar-refractivity contribution in [1.29, 1.82) is 0 Å². The van der Waals surface area contributed by atoms with Gasteiger partial charge in [-0.15, -0.1) is 11.3 Å². The van der Waals surface area contributed by atoms with Gasteiger partial charge in [0.25, 0.3) is 0 Å². The molecule has 0 bridgehead atoms. The first-order chi connectivity index (χ1) is 7.27. The number of rotatable bonds is 1. The number of hydrogen-bond acceptors (Lipinski definition) is 2. The van der Waals surface area contributed by atoms with Gasteiger partial charge in [-0.3, -0.25) is 0 Å². The molecule has 2 rings (SSSR count). The first-order valence-electron chi connectivity index (χ1n) is 4.95. The second-order valence-corrected chi connectivity index (χ2v) is 3.96. The van der Waals surface area contributed by atoms with E-state index in [-0.39, 0.29) is 5.82 Å². The van der Waals surface area contributed by atoms with E-state index in [1.165, 1.54) is 17.4 Å². The fourth-order valence-corrected chi connectivity index (χ4v) is 1.95. The Kier molecular flexibility index (Phi) is 4.43. The fourth-order valence-electron chi connectivity index (χ4n) is 1.15. The van der Waals surface area contributed by atoms with E-state index in [1.54, 1.807) is 18.3 Å². The zero-order chi connectivity index (χ0) is 11.3. The molecule has 15 heavy (non-hydrogen) atoms. The van der Waals surface area contributed by atoms with Crippen LogP contribution >= 0.6 is 11.3 Å². The van der Waals surface area contributed by atoms with E-state index in [2.05, 4.69) is 4.98 Å². The van der Waals surface area contributed by atoms with Crippen molar-refractivity contribution >= 4 is 11.3 Å². The summed E-state index contributed by atoms with van der Waals surface area (Å²) in [6.45, 7) is 5.91. The molecule has 3 heteroatoms. The summed E-state index contributed by atoms with van der Waals surface area (Å²) in [6.07, 6.45) is 1.71. The Labute approximate surface area is 93.6 Å². The van der Waals surface area contributed by atoms with Gasteiger partial charge in [0.2, 0.25) is 0 Å². The molecule has 0 spiro atoms. The minimum absolute atomic E-state index is 0.189. The van der Waals surface area contributed by atoms with Gasteiger partial charge in [0.05, 0.1) is 9.88 Å². The van der Waals surface area contributed by atoms with Crippen LogP contribution < -0.4 is 0 Å². The Balaban J connectivity index is 0.000000531. The number of halogens is 1. The maximum atomic E-state index is 13.3. The Morgan fingerprint density at radius 1 is 1.20 bits per heavy atom. The number of aryl methyl sites for hydroxylation is 1. The van der Waals surface area contributed by atoms with Crippen molar-refractivity contribution in [3.63, 3.8) is 0 Å². The number of thiazole rings is 1. The summed E-state index contributed by atoms with van der Waals surface area (Å²) in [5.74, 6) is -0.189. The molecule has 1 aromatic carbocycles. The lowest BCUT2D eigenvalue weighted by molar-refractivity contribution is 0.631. The highest BCUT2D eigenvalue weighted by atomic mass is 32.1. The average molecular weight is 223 g/mol. The van der Waals surface area contributed by atoms with Gasteiger partial charge in [0, 0.05) is 11.8 Å². The van der Waals surface area contributed by atoms with Crippen molar-refractivity contribution in [2.45, 2.75) is 20.8 Å². The van der Waals surface area contributed by atoms with E-state index >= 15 is 0 Å². The summed E-state index contributed by atoms with van der Waals surface area (Å²) >= 11 is 1.50. The molecule has 0 radical (unpaired) electrons. The van der Waals surface area contributed by atoms with E-state index in [1.807, 2.05) is 26.8 Å². The van der Waals surface area contributed by atoms with Crippen LogP contribution in [0, 0.1) is 12.7 Å². The van der Waals surface area contributed by atoms with Gasteiger partial charge in [-0.1, -0.05) is 32.0 Å². The minimum atomic E-state index is -0.189. The van der Waals surface area contributed by atoms with Crippen molar-refractivity contribution in [3.8, 4) is 10.4 Å². The number of hydrogen-bond donors (Lipinski definition) is 0. The Morgan fingerprint density at radius 3 is 2.40 bits per heavy atom. The fraction of sp³-hybridized carbons (Fsp3) is 0.250. The predicted molar refractivity (Wildman–Crippen MR) is 63.6 cm³/mol. The lowest BCUT2D eigenvalue weighted by Gasteiger charge is -1.96. The molecule has 1 aromatic heterocycles. The van der Waals surface area contributed by atoms with Crippen LogP contribution in [-0.2, 0) is 0 Å². The molecule has 80 valence electrons. The van der Waals surface area contributed by atoms with Crippen LogP contribution in [0.2, 0.25) is 0 Å². The van der Waals surface area contributed by atoms with Gasteiger partial charge in [0.15, 0.2) is 0 Å². The van der Waals surface area contributed by atoms with Gasteiger partial charge in [0.1, 0.15) is 5.82 Å². The average Bonchev–Trinajstić information content (AvgIpc) is 2.68. The first-order valence-corrected chi connectivity index (χ1v) is 5.76. The molecule has 2 aromatic rings. The largest absolute Gasteiger partial charge is 0.249 e. The summed E-state index contributed by atoms with van der Waals surface area (Å²) in [4.78, 5) is 4.97. The molecule has 0 N–H and O–H groups in total. The highest BCUT2D eigenvalue weighted by Gasteiger charge is 2.05. The van der Waals surface area contributed by atoms with Gasteiger partial charge in [-0.25, -0.2) is 9.37 Å². The summed E-state index contributed by atoms with van der Waals surface area (Å²) < 4.78 is 13.3. The van der Waals surface area contributed by atoms with E-state index in [9.17, 15) is 4.39 Å². The smallest absolute Gasteiger partial charge is 0.131 e. The van der Waals surface area contributed by atoms with E-state index in [0.29, 0.717) is 5.56 Å². The summed E-state index contributed by atoms with van der Waals surface area (Å²) in [5.41, 5.74) is 0.633. The SMILES string of the molecule is CC.Cc1ncc(-c2ccccc2F)s1. The van der Waals surface area contributed by atoms with Gasteiger partial charge >= 0.3 is 0 Å². The minimum Gasteiger partial charge on any atom is -0.249 e. The molecule has 0 amide bonds. The molecule has 0 aliphatic rings. The monoisotopic (exact) mass is 223 g/mol. The molecule has 1 nitrogen and oxygen atoms in total. The summed E-state index contributed by atoms with van der Waals surface area (Å²) in [5, 5.41) is 0.957. The van der Waals surface area contributed by atoms with Crippen LogP contribution in [0.5, 0.6) is 0 Å². The Morgan fingerprint density at radius 2 is 1.87 bits per heavy atom. The zero-order valence-electron chi connectivity index (χ0n) is 9.12. The summed E-state index contributed by atoms with van der Waals surface area (Å²) in [7, 11) is 0. The number of aromatic nitrogens is 1. The zero-order valence-corrected chi connectivity index (χ0v) is 9.94. The molecule has 0 atom stereocenters. The molecule has 0 fully saturated rings. The van der Waals surface area contributed by atoms with Gasteiger partial charge in [-0.2, -0.15) is 0 Å². The lowest BCUT2D eigenvalue weighted by Crippen LogP contribution is -1.78.